The molecule has 1 aromatic rings. The van der Waals surface area contributed by atoms with Crippen LogP contribution in [-0.2, 0) is 4.79 Å². The number of hydrogen-bond acceptors (Lipinski definition) is 3. The van der Waals surface area contributed by atoms with Gasteiger partial charge in [-0.15, -0.1) is 0 Å². The van der Waals surface area contributed by atoms with Gasteiger partial charge < -0.3 is 15.4 Å². The number of nitrogens with one attached hydrogen (secondary N) is 2. The first-order chi connectivity index (χ1) is 8.69. The molecule has 0 unspecified atom stereocenters. The molecule has 2 rings (SSSR count). The fraction of sp³-hybridized carbons (Fsp3) is 0.462. The summed E-state index contributed by atoms with van der Waals surface area (Å²) in [6, 6.07) is 5.62. The van der Waals surface area contributed by atoms with E-state index in [0.29, 0.717) is 5.92 Å². The molecule has 0 aliphatic heterocycles. The lowest BCUT2D eigenvalue weighted by Crippen LogP contribution is -2.31. The van der Waals surface area contributed by atoms with Crippen LogP contribution in [0.3, 0.4) is 0 Å². The molecule has 18 heavy (non-hydrogen) atoms. The molecule has 0 aromatic heterocycles. The Balaban J connectivity index is 1.82. The highest BCUT2D eigenvalue weighted by Crippen LogP contribution is 2.28. The van der Waals surface area contributed by atoms with E-state index < -0.39 is 0 Å². The molecule has 0 atom stereocenters. The summed E-state index contributed by atoms with van der Waals surface area (Å²) >= 11 is 3.43. The summed E-state index contributed by atoms with van der Waals surface area (Å²) in [5, 5.41) is 6.01. The van der Waals surface area contributed by atoms with Gasteiger partial charge in [0.2, 0.25) is 5.91 Å². The van der Waals surface area contributed by atoms with Crippen molar-refractivity contribution in [2.45, 2.75) is 12.8 Å². The first-order valence-corrected chi connectivity index (χ1v) is 6.82. The Kier molecular flexibility index (Phi) is 4.47. The van der Waals surface area contributed by atoms with Crippen molar-refractivity contribution >= 4 is 27.5 Å². The fourth-order valence-corrected chi connectivity index (χ4v) is 1.97. The molecule has 0 radical (unpaired) electrons. The van der Waals surface area contributed by atoms with Crippen molar-refractivity contribution in [2.75, 3.05) is 25.5 Å². The van der Waals surface area contributed by atoms with E-state index in [1.165, 1.54) is 12.8 Å². The number of methoxy groups -OCH3 is 1. The maximum Gasteiger partial charge on any atom is 0.239 e. The maximum atomic E-state index is 11.6. The van der Waals surface area contributed by atoms with Crippen LogP contribution in [0.15, 0.2) is 22.7 Å². The van der Waals surface area contributed by atoms with Crippen molar-refractivity contribution in [3.63, 3.8) is 0 Å². The Morgan fingerprint density at radius 3 is 2.94 bits per heavy atom. The molecule has 4 nitrogen and oxygen atoms in total. The van der Waals surface area contributed by atoms with Gasteiger partial charge in [0.05, 0.1) is 19.3 Å². The SMILES string of the molecule is COc1ccc(Br)c(NCC(=O)NCC2CC2)c1. The monoisotopic (exact) mass is 312 g/mol. The highest BCUT2D eigenvalue weighted by Gasteiger charge is 2.21. The number of anilines is 1. The topological polar surface area (TPSA) is 50.4 Å². The van der Waals surface area contributed by atoms with Crippen LogP contribution in [-0.4, -0.2) is 26.1 Å². The van der Waals surface area contributed by atoms with E-state index in [-0.39, 0.29) is 12.5 Å². The summed E-state index contributed by atoms with van der Waals surface area (Å²) in [6.45, 7) is 1.08. The summed E-state index contributed by atoms with van der Waals surface area (Å²) in [4.78, 5) is 11.6. The summed E-state index contributed by atoms with van der Waals surface area (Å²) in [5.41, 5.74) is 0.857. The number of rotatable bonds is 6. The van der Waals surface area contributed by atoms with Gasteiger partial charge in [0.1, 0.15) is 5.75 Å². The highest BCUT2D eigenvalue weighted by atomic mass is 79.9. The molecule has 0 spiro atoms. The highest BCUT2D eigenvalue weighted by molar-refractivity contribution is 9.10. The Morgan fingerprint density at radius 1 is 1.50 bits per heavy atom. The second-order valence-electron chi connectivity index (χ2n) is 4.45. The van der Waals surface area contributed by atoms with Crippen LogP contribution < -0.4 is 15.4 Å². The number of carbonyl (C=O) groups is 1. The molecular formula is C13H17BrN2O2. The van der Waals surface area contributed by atoms with Crippen LogP contribution in [0.1, 0.15) is 12.8 Å². The molecule has 0 bridgehead atoms. The Hall–Kier alpha value is -1.23. The van der Waals surface area contributed by atoms with Crippen LogP contribution in [0.2, 0.25) is 0 Å². The number of hydrogen-bond donors (Lipinski definition) is 2. The molecule has 0 heterocycles. The second-order valence-corrected chi connectivity index (χ2v) is 5.30. The smallest absolute Gasteiger partial charge is 0.239 e. The Morgan fingerprint density at radius 2 is 2.28 bits per heavy atom. The van der Waals surface area contributed by atoms with E-state index in [1.807, 2.05) is 18.2 Å². The van der Waals surface area contributed by atoms with Gasteiger partial charge >= 0.3 is 0 Å². The van der Waals surface area contributed by atoms with E-state index in [2.05, 4.69) is 26.6 Å². The zero-order valence-corrected chi connectivity index (χ0v) is 11.9. The van der Waals surface area contributed by atoms with Gasteiger partial charge in [-0.1, -0.05) is 0 Å². The van der Waals surface area contributed by atoms with Crippen LogP contribution >= 0.6 is 15.9 Å². The Labute approximate surface area is 115 Å². The van der Waals surface area contributed by atoms with E-state index in [1.54, 1.807) is 7.11 Å². The molecule has 2 N–H and O–H groups in total. The van der Waals surface area contributed by atoms with E-state index >= 15 is 0 Å². The molecule has 1 aliphatic rings. The number of benzene rings is 1. The van der Waals surface area contributed by atoms with Crippen LogP contribution in [0.4, 0.5) is 5.69 Å². The molecular weight excluding hydrogens is 296 g/mol. The zero-order valence-electron chi connectivity index (χ0n) is 10.3. The van der Waals surface area contributed by atoms with Gasteiger partial charge in [-0.2, -0.15) is 0 Å². The first kappa shape index (κ1) is 13.2. The number of ether oxygens (including phenoxy) is 1. The minimum Gasteiger partial charge on any atom is -0.497 e. The lowest BCUT2D eigenvalue weighted by molar-refractivity contribution is -0.119. The number of carbonyl (C=O) groups excluding carboxylic acids is 1. The average Bonchev–Trinajstić information content (AvgIpc) is 3.19. The second kappa shape index (κ2) is 6.09. The zero-order chi connectivity index (χ0) is 13.0. The average molecular weight is 313 g/mol. The van der Waals surface area contributed by atoms with E-state index in [4.69, 9.17) is 4.74 Å². The Bertz CT molecular complexity index is 433. The molecule has 5 heteroatoms. The van der Waals surface area contributed by atoms with Crippen molar-refractivity contribution in [2.24, 2.45) is 5.92 Å². The van der Waals surface area contributed by atoms with Gasteiger partial charge in [0.25, 0.3) is 0 Å². The third-order valence-electron chi connectivity index (χ3n) is 2.90. The third kappa shape index (κ3) is 3.91. The van der Waals surface area contributed by atoms with Crippen molar-refractivity contribution < 1.29 is 9.53 Å². The van der Waals surface area contributed by atoms with Gasteiger partial charge in [-0.3, -0.25) is 4.79 Å². The van der Waals surface area contributed by atoms with Gasteiger partial charge in [-0.25, -0.2) is 0 Å². The van der Waals surface area contributed by atoms with Gasteiger partial charge in [0, 0.05) is 17.1 Å². The van der Waals surface area contributed by atoms with Crippen LogP contribution in [0, 0.1) is 5.92 Å². The third-order valence-corrected chi connectivity index (χ3v) is 3.59. The van der Waals surface area contributed by atoms with Crippen molar-refractivity contribution in [1.29, 1.82) is 0 Å². The molecule has 1 saturated carbocycles. The molecule has 1 aliphatic carbocycles. The normalized spacial score (nSPS) is 14.1. The number of amides is 1. The summed E-state index contributed by atoms with van der Waals surface area (Å²) in [6.07, 6.45) is 2.49. The largest absolute Gasteiger partial charge is 0.497 e. The van der Waals surface area contributed by atoms with Gasteiger partial charge in [-0.05, 0) is 46.8 Å². The first-order valence-electron chi connectivity index (χ1n) is 6.03. The van der Waals surface area contributed by atoms with Crippen molar-refractivity contribution in [1.82, 2.24) is 5.32 Å². The lowest BCUT2D eigenvalue weighted by Gasteiger charge is -2.10. The standard InChI is InChI=1S/C13H17BrN2O2/c1-18-10-4-5-11(14)12(6-10)15-8-13(17)16-7-9-2-3-9/h4-6,9,15H,2-3,7-8H2,1H3,(H,16,17). The van der Waals surface area contributed by atoms with Crippen molar-refractivity contribution in [3.8, 4) is 5.75 Å². The fourth-order valence-electron chi connectivity index (χ4n) is 1.58. The van der Waals surface area contributed by atoms with E-state index in [9.17, 15) is 4.79 Å². The van der Waals surface area contributed by atoms with Crippen molar-refractivity contribution in [3.05, 3.63) is 22.7 Å². The summed E-state index contributed by atoms with van der Waals surface area (Å²) in [5.74, 6) is 1.49. The summed E-state index contributed by atoms with van der Waals surface area (Å²) in [7, 11) is 1.62. The van der Waals surface area contributed by atoms with E-state index in [0.717, 1.165) is 22.5 Å². The molecule has 98 valence electrons. The molecule has 1 fully saturated rings. The molecule has 1 aromatic carbocycles. The quantitative estimate of drug-likeness (QED) is 0.848. The van der Waals surface area contributed by atoms with Crippen LogP contribution in [0.25, 0.3) is 0 Å². The van der Waals surface area contributed by atoms with Crippen LogP contribution in [0.5, 0.6) is 5.75 Å². The van der Waals surface area contributed by atoms with Gasteiger partial charge in [0.15, 0.2) is 0 Å². The maximum absolute atomic E-state index is 11.6. The summed E-state index contributed by atoms with van der Waals surface area (Å²) < 4.78 is 6.06. The minimum atomic E-state index is 0.0246. The molecule has 1 amide bonds. The number of halogens is 1. The predicted molar refractivity (Wildman–Crippen MR) is 74.9 cm³/mol. The minimum absolute atomic E-state index is 0.0246. The predicted octanol–water partition coefficient (Wildman–Crippen LogP) is 2.40. The molecule has 0 saturated heterocycles. The lowest BCUT2D eigenvalue weighted by atomic mass is 10.3.